The first-order valence-corrected chi connectivity index (χ1v) is 8.33. The summed E-state index contributed by atoms with van der Waals surface area (Å²) in [5, 5.41) is 15.4. The van der Waals surface area contributed by atoms with Crippen LogP contribution in [0, 0.1) is 12.7 Å². The van der Waals surface area contributed by atoms with Gasteiger partial charge in [0.05, 0.1) is 18.6 Å². The van der Waals surface area contributed by atoms with E-state index < -0.39 is 11.5 Å². The number of rotatable bonds is 9. The monoisotopic (exact) mass is 379 g/mol. The molecule has 1 aromatic heterocycles. The lowest BCUT2D eigenvalue weighted by Crippen LogP contribution is -2.50. The van der Waals surface area contributed by atoms with Crippen LogP contribution in [0.1, 0.15) is 31.2 Å². The molecule has 1 atom stereocenters. The minimum absolute atomic E-state index is 0.0306. The average Bonchev–Trinajstić information content (AvgIpc) is 3.03. The second-order valence-electron chi connectivity index (χ2n) is 6.59. The Morgan fingerprint density at radius 2 is 2.15 bits per heavy atom. The summed E-state index contributed by atoms with van der Waals surface area (Å²) in [7, 11) is 1.43. The fraction of sp³-hybridized carbons (Fsp3) is 0.444. The number of carboxylic acid groups (broad SMARTS) is 1. The number of hydrogen-bond donors (Lipinski definition) is 2. The van der Waals surface area contributed by atoms with Gasteiger partial charge in [0.25, 0.3) is 0 Å². The first-order chi connectivity index (χ1) is 12.7. The zero-order chi connectivity index (χ0) is 20.0. The van der Waals surface area contributed by atoms with Crippen LogP contribution in [0.5, 0.6) is 0 Å². The highest BCUT2D eigenvalue weighted by Crippen LogP contribution is 2.19. The first kappa shape index (κ1) is 20.5. The van der Waals surface area contributed by atoms with E-state index in [1.165, 1.54) is 13.2 Å². The second kappa shape index (κ2) is 8.72. The van der Waals surface area contributed by atoms with Crippen LogP contribution in [0.25, 0.3) is 11.4 Å². The number of benzene rings is 1. The Morgan fingerprint density at radius 3 is 2.78 bits per heavy atom. The van der Waals surface area contributed by atoms with Crippen LogP contribution in [-0.4, -0.2) is 46.4 Å². The molecule has 1 heterocycles. The maximum Gasteiger partial charge on any atom is 0.305 e. The van der Waals surface area contributed by atoms with Gasteiger partial charge in [-0.25, -0.2) is 4.39 Å². The molecular formula is C18H22FN3O5. The summed E-state index contributed by atoms with van der Waals surface area (Å²) in [5.74, 6) is -1.31. The number of halogens is 1. The Bertz CT molecular complexity index is 823. The lowest BCUT2D eigenvalue weighted by molar-refractivity contribution is -0.139. The molecule has 0 radical (unpaired) electrons. The summed E-state index contributed by atoms with van der Waals surface area (Å²) in [4.78, 5) is 27.3. The van der Waals surface area contributed by atoms with Gasteiger partial charge in [-0.2, -0.15) is 4.98 Å². The van der Waals surface area contributed by atoms with Gasteiger partial charge in [0.15, 0.2) is 0 Å². The molecule has 0 aliphatic heterocycles. The van der Waals surface area contributed by atoms with E-state index in [9.17, 15) is 14.0 Å². The third-order valence-corrected chi connectivity index (χ3v) is 3.91. The Balaban J connectivity index is 1.96. The van der Waals surface area contributed by atoms with Gasteiger partial charge in [0, 0.05) is 25.5 Å². The van der Waals surface area contributed by atoms with Gasteiger partial charge < -0.3 is 19.7 Å². The molecule has 0 fully saturated rings. The van der Waals surface area contributed by atoms with Crippen molar-refractivity contribution in [2.24, 2.45) is 0 Å². The molecule has 2 aromatic rings. The Labute approximate surface area is 155 Å². The number of nitrogens with zero attached hydrogens (tertiary/aromatic N) is 2. The lowest BCUT2D eigenvalue weighted by atomic mass is 9.98. The van der Waals surface area contributed by atoms with E-state index in [-0.39, 0.29) is 49.3 Å². The number of carboxylic acids is 1. The van der Waals surface area contributed by atoms with E-state index >= 15 is 0 Å². The van der Waals surface area contributed by atoms with Crippen LogP contribution in [0.2, 0.25) is 0 Å². The fourth-order valence-electron chi connectivity index (χ4n) is 2.61. The van der Waals surface area contributed by atoms with E-state index in [1.807, 2.05) is 0 Å². The summed E-state index contributed by atoms with van der Waals surface area (Å²) in [6, 6.07) is 4.62. The number of aliphatic carboxylic acids is 1. The number of methoxy groups -OCH3 is 1. The van der Waals surface area contributed by atoms with Gasteiger partial charge >= 0.3 is 5.97 Å². The van der Waals surface area contributed by atoms with Gasteiger partial charge in [-0.15, -0.1) is 0 Å². The van der Waals surface area contributed by atoms with E-state index in [1.54, 1.807) is 26.0 Å². The Hall–Kier alpha value is -2.81. The number of aryl methyl sites for hydroxylation is 2. The maximum atomic E-state index is 13.6. The number of aromatic nitrogens is 2. The van der Waals surface area contributed by atoms with Crippen molar-refractivity contribution in [2.75, 3.05) is 13.7 Å². The van der Waals surface area contributed by atoms with Crippen molar-refractivity contribution >= 4 is 11.9 Å². The van der Waals surface area contributed by atoms with Crippen molar-refractivity contribution in [3.8, 4) is 11.4 Å². The molecule has 0 saturated carbocycles. The first-order valence-electron chi connectivity index (χ1n) is 8.33. The molecule has 146 valence electrons. The molecule has 2 N–H and O–H groups in total. The van der Waals surface area contributed by atoms with Gasteiger partial charge in [-0.05, 0) is 25.5 Å². The fourth-order valence-corrected chi connectivity index (χ4v) is 2.61. The predicted octanol–water partition coefficient (Wildman–Crippen LogP) is 2.11. The molecule has 0 spiro atoms. The smallest absolute Gasteiger partial charge is 0.305 e. The summed E-state index contributed by atoms with van der Waals surface area (Å²) in [6.45, 7) is 3.31. The van der Waals surface area contributed by atoms with Crippen LogP contribution in [0.4, 0.5) is 4.39 Å². The molecule has 0 aliphatic rings. The SMILES string of the molecule is COCC(C)(CC(=O)O)NC(=O)CCc1nc(-c2ccc(C)c(F)c2)no1. The number of hydrogen-bond acceptors (Lipinski definition) is 6. The zero-order valence-corrected chi connectivity index (χ0v) is 15.4. The highest BCUT2D eigenvalue weighted by Gasteiger charge is 2.29. The van der Waals surface area contributed by atoms with Crippen molar-refractivity contribution in [1.29, 1.82) is 0 Å². The highest BCUT2D eigenvalue weighted by molar-refractivity contribution is 5.78. The van der Waals surface area contributed by atoms with Crippen molar-refractivity contribution in [1.82, 2.24) is 15.5 Å². The largest absolute Gasteiger partial charge is 0.481 e. The third kappa shape index (κ3) is 5.85. The normalized spacial score (nSPS) is 13.2. The predicted molar refractivity (Wildman–Crippen MR) is 93.4 cm³/mol. The van der Waals surface area contributed by atoms with E-state index in [0.29, 0.717) is 11.1 Å². The molecule has 2 rings (SSSR count). The minimum Gasteiger partial charge on any atom is -0.481 e. The van der Waals surface area contributed by atoms with E-state index in [0.717, 1.165) is 0 Å². The molecule has 8 nitrogen and oxygen atoms in total. The molecule has 0 saturated heterocycles. The van der Waals surface area contributed by atoms with E-state index in [2.05, 4.69) is 15.5 Å². The molecule has 1 aromatic carbocycles. The second-order valence-corrected chi connectivity index (χ2v) is 6.59. The van der Waals surface area contributed by atoms with Crippen LogP contribution in [0.3, 0.4) is 0 Å². The van der Waals surface area contributed by atoms with Crippen LogP contribution < -0.4 is 5.32 Å². The number of nitrogens with one attached hydrogen (secondary N) is 1. The third-order valence-electron chi connectivity index (χ3n) is 3.91. The van der Waals surface area contributed by atoms with Gasteiger partial charge in [-0.3, -0.25) is 9.59 Å². The van der Waals surface area contributed by atoms with Crippen molar-refractivity contribution < 1.29 is 28.3 Å². The molecule has 1 unspecified atom stereocenters. The molecule has 0 bridgehead atoms. The van der Waals surface area contributed by atoms with Crippen molar-refractivity contribution in [3.05, 3.63) is 35.5 Å². The standard InChI is InChI=1S/C18H22FN3O5/c1-11-4-5-12(8-13(11)19)17-20-15(27-22-17)7-6-14(23)21-18(2,10-26-3)9-16(24)25/h4-5,8H,6-7,9-10H2,1-3H3,(H,21,23)(H,24,25). The minimum atomic E-state index is -1.04. The van der Waals surface area contributed by atoms with E-state index in [4.69, 9.17) is 14.4 Å². The van der Waals surface area contributed by atoms with Crippen LogP contribution >= 0.6 is 0 Å². The van der Waals surface area contributed by atoms with Gasteiger partial charge in [0.2, 0.25) is 17.6 Å². The average molecular weight is 379 g/mol. The summed E-state index contributed by atoms with van der Waals surface area (Å²) >= 11 is 0. The van der Waals surface area contributed by atoms with Crippen LogP contribution in [-0.2, 0) is 20.7 Å². The van der Waals surface area contributed by atoms with Gasteiger partial charge in [-0.1, -0.05) is 17.3 Å². The van der Waals surface area contributed by atoms with Crippen LogP contribution in [0.15, 0.2) is 22.7 Å². The van der Waals surface area contributed by atoms with Gasteiger partial charge in [0.1, 0.15) is 5.82 Å². The number of carbonyl (C=O) groups excluding carboxylic acids is 1. The summed E-state index contributed by atoms with van der Waals surface area (Å²) in [5.41, 5.74) is -0.0248. The highest BCUT2D eigenvalue weighted by atomic mass is 19.1. The maximum absolute atomic E-state index is 13.6. The Kier molecular flexibility index (Phi) is 6.62. The molecule has 0 aliphatic carbocycles. The number of amides is 1. The molecule has 1 amide bonds. The topological polar surface area (TPSA) is 115 Å². The number of ether oxygens (including phenoxy) is 1. The summed E-state index contributed by atoms with van der Waals surface area (Å²) < 4.78 is 23.7. The number of carbonyl (C=O) groups is 2. The summed E-state index contributed by atoms with van der Waals surface area (Å²) in [6.07, 6.45) is -0.0671. The Morgan fingerprint density at radius 1 is 1.41 bits per heavy atom. The molecule has 27 heavy (non-hydrogen) atoms. The van der Waals surface area contributed by atoms with Crippen molar-refractivity contribution in [3.63, 3.8) is 0 Å². The molecular weight excluding hydrogens is 357 g/mol. The molecule has 9 heteroatoms. The van der Waals surface area contributed by atoms with Crippen molar-refractivity contribution in [2.45, 2.75) is 38.6 Å². The lowest BCUT2D eigenvalue weighted by Gasteiger charge is -2.28. The zero-order valence-electron chi connectivity index (χ0n) is 15.4. The quantitative estimate of drug-likeness (QED) is 0.686.